The number of unbranched alkanes of at least 4 members (excludes halogenated alkanes) is 7. The maximum atomic E-state index is 11.3. The van der Waals surface area contributed by atoms with E-state index >= 15 is 0 Å². The van der Waals surface area contributed by atoms with E-state index in [0.29, 0.717) is 6.42 Å². The summed E-state index contributed by atoms with van der Waals surface area (Å²) in [6, 6.07) is 0. The molecular formula is C14H28O3. The number of ether oxygens (including phenoxy) is 1. The third-order valence-corrected chi connectivity index (χ3v) is 2.82. The van der Waals surface area contributed by atoms with Crippen molar-refractivity contribution < 1.29 is 14.6 Å². The van der Waals surface area contributed by atoms with Crippen LogP contribution in [0.2, 0.25) is 0 Å². The highest BCUT2D eigenvalue weighted by molar-refractivity contribution is 5.69. The Kier molecular flexibility index (Phi) is 11.5. The Morgan fingerprint density at radius 2 is 1.59 bits per heavy atom. The molecule has 0 aliphatic heterocycles. The van der Waals surface area contributed by atoms with Crippen LogP contribution in [0, 0.1) is 0 Å². The van der Waals surface area contributed by atoms with Crippen LogP contribution >= 0.6 is 0 Å². The molecule has 3 nitrogen and oxygen atoms in total. The highest BCUT2D eigenvalue weighted by atomic mass is 16.5. The molecule has 0 saturated carbocycles. The Hall–Kier alpha value is -0.570. The molecule has 17 heavy (non-hydrogen) atoms. The largest absolute Gasteiger partial charge is 0.460 e. The van der Waals surface area contributed by atoms with Crippen molar-refractivity contribution >= 4 is 5.97 Å². The summed E-state index contributed by atoms with van der Waals surface area (Å²) in [5, 5.41) is 8.72. The van der Waals surface area contributed by atoms with E-state index in [9.17, 15) is 4.79 Å². The second-order valence-corrected chi connectivity index (χ2v) is 4.71. The van der Waals surface area contributed by atoms with Crippen LogP contribution in [0.3, 0.4) is 0 Å². The van der Waals surface area contributed by atoms with Gasteiger partial charge < -0.3 is 9.84 Å². The summed E-state index contributed by atoms with van der Waals surface area (Å²) < 4.78 is 4.97. The zero-order chi connectivity index (χ0) is 12.9. The fourth-order valence-corrected chi connectivity index (χ4v) is 1.72. The minimum absolute atomic E-state index is 0.0941. The van der Waals surface area contributed by atoms with Gasteiger partial charge in [-0.3, -0.25) is 4.79 Å². The third kappa shape index (κ3) is 11.7. The molecule has 0 bridgehead atoms. The number of carbonyl (C=O) groups excluding carboxylic acids is 1. The lowest BCUT2D eigenvalue weighted by atomic mass is 10.1. The van der Waals surface area contributed by atoms with E-state index in [4.69, 9.17) is 9.84 Å². The Bertz CT molecular complexity index is 180. The second kappa shape index (κ2) is 11.9. The Labute approximate surface area is 106 Å². The van der Waals surface area contributed by atoms with E-state index in [0.717, 1.165) is 12.8 Å². The molecule has 1 unspecified atom stereocenters. The summed E-state index contributed by atoms with van der Waals surface area (Å²) in [4.78, 5) is 11.3. The van der Waals surface area contributed by atoms with Crippen molar-refractivity contribution in [1.29, 1.82) is 0 Å². The van der Waals surface area contributed by atoms with Gasteiger partial charge in [0.15, 0.2) is 0 Å². The molecule has 0 aliphatic carbocycles. The van der Waals surface area contributed by atoms with Crippen LogP contribution in [0.4, 0.5) is 0 Å². The molecule has 0 radical (unpaired) electrons. The van der Waals surface area contributed by atoms with Crippen LogP contribution in [0.5, 0.6) is 0 Å². The Morgan fingerprint density at radius 1 is 1.06 bits per heavy atom. The summed E-state index contributed by atoms with van der Waals surface area (Å²) in [5.41, 5.74) is 0. The summed E-state index contributed by atoms with van der Waals surface area (Å²) in [6.07, 6.45) is 9.91. The first-order valence-electron chi connectivity index (χ1n) is 7.01. The average Bonchev–Trinajstić information content (AvgIpc) is 2.32. The van der Waals surface area contributed by atoms with Gasteiger partial charge in [0, 0.05) is 6.42 Å². The first-order chi connectivity index (χ1) is 8.20. The topological polar surface area (TPSA) is 46.5 Å². The van der Waals surface area contributed by atoms with Gasteiger partial charge in [-0.2, -0.15) is 0 Å². The highest BCUT2D eigenvalue weighted by Gasteiger charge is 2.07. The van der Waals surface area contributed by atoms with Gasteiger partial charge in [0.25, 0.3) is 0 Å². The molecule has 0 rings (SSSR count). The molecule has 0 aromatic carbocycles. The fraction of sp³-hybridized carbons (Fsp3) is 0.929. The van der Waals surface area contributed by atoms with Gasteiger partial charge in [0.1, 0.15) is 6.10 Å². The van der Waals surface area contributed by atoms with E-state index in [1.54, 1.807) is 6.92 Å². The maximum absolute atomic E-state index is 11.3. The Morgan fingerprint density at radius 3 is 2.12 bits per heavy atom. The lowest BCUT2D eigenvalue weighted by Crippen LogP contribution is -2.18. The van der Waals surface area contributed by atoms with Gasteiger partial charge >= 0.3 is 5.97 Å². The van der Waals surface area contributed by atoms with Crippen LogP contribution in [-0.4, -0.2) is 23.8 Å². The molecule has 0 heterocycles. The molecule has 1 N–H and O–H groups in total. The molecule has 102 valence electrons. The standard InChI is InChI=1S/C14H28O3/c1-3-4-5-6-7-8-9-10-11-14(16)17-13(2)12-15/h13,15H,3-12H2,1-2H3. The predicted molar refractivity (Wildman–Crippen MR) is 69.9 cm³/mol. The molecule has 0 aromatic rings. The minimum atomic E-state index is -0.364. The van der Waals surface area contributed by atoms with Gasteiger partial charge in [-0.25, -0.2) is 0 Å². The van der Waals surface area contributed by atoms with Gasteiger partial charge in [-0.1, -0.05) is 51.9 Å². The van der Waals surface area contributed by atoms with Crippen LogP contribution in [-0.2, 0) is 9.53 Å². The predicted octanol–water partition coefficient (Wildman–Crippen LogP) is 3.44. The smallest absolute Gasteiger partial charge is 0.306 e. The van der Waals surface area contributed by atoms with Crippen molar-refractivity contribution in [2.45, 2.75) is 77.7 Å². The quantitative estimate of drug-likeness (QED) is 0.447. The third-order valence-electron chi connectivity index (χ3n) is 2.82. The molecule has 0 aromatic heterocycles. The van der Waals surface area contributed by atoms with Crippen LogP contribution in [0.1, 0.15) is 71.6 Å². The molecule has 0 saturated heterocycles. The highest BCUT2D eigenvalue weighted by Crippen LogP contribution is 2.10. The summed E-state index contributed by atoms with van der Waals surface area (Å²) in [5.74, 6) is -0.183. The fourth-order valence-electron chi connectivity index (χ4n) is 1.72. The molecule has 0 amide bonds. The van der Waals surface area contributed by atoms with E-state index in [1.165, 1.54) is 38.5 Å². The van der Waals surface area contributed by atoms with Crippen LogP contribution < -0.4 is 0 Å². The second-order valence-electron chi connectivity index (χ2n) is 4.71. The van der Waals surface area contributed by atoms with Crippen molar-refractivity contribution in [2.75, 3.05) is 6.61 Å². The lowest BCUT2D eigenvalue weighted by molar-refractivity contribution is -0.150. The molecule has 0 spiro atoms. The van der Waals surface area contributed by atoms with E-state index in [2.05, 4.69) is 6.92 Å². The molecule has 1 atom stereocenters. The molecular weight excluding hydrogens is 216 g/mol. The number of rotatable bonds is 11. The zero-order valence-electron chi connectivity index (χ0n) is 11.4. The van der Waals surface area contributed by atoms with E-state index in [1.807, 2.05) is 0 Å². The molecule has 0 fully saturated rings. The van der Waals surface area contributed by atoms with Crippen molar-refractivity contribution in [1.82, 2.24) is 0 Å². The van der Waals surface area contributed by atoms with Crippen molar-refractivity contribution in [2.24, 2.45) is 0 Å². The monoisotopic (exact) mass is 244 g/mol. The van der Waals surface area contributed by atoms with Crippen LogP contribution in [0.15, 0.2) is 0 Å². The van der Waals surface area contributed by atoms with E-state index in [-0.39, 0.29) is 18.7 Å². The number of aliphatic hydroxyl groups is 1. The van der Waals surface area contributed by atoms with Gasteiger partial charge in [-0.15, -0.1) is 0 Å². The van der Waals surface area contributed by atoms with Crippen LogP contribution in [0.25, 0.3) is 0 Å². The number of esters is 1. The number of hydrogen-bond donors (Lipinski definition) is 1. The first kappa shape index (κ1) is 16.4. The van der Waals surface area contributed by atoms with Gasteiger partial charge in [0.05, 0.1) is 6.61 Å². The van der Waals surface area contributed by atoms with Gasteiger partial charge in [0.2, 0.25) is 0 Å². The summed E-state index contributed by atoms with van der Waals surface area (Å²) in [6.45, 7) is 3.83. The van der Waals surface area contributed by atoms with Gasteiger partial charge in [-0.05, 0) is 13.3 Å². The SMILES string of the molecule is CCCCCCCCCCC(=O)OC(C)CO. The molecule has 3 heteroatoms. The van der Waals surface area contributed by atoms with Crippen molar-refractivity contribution in [3.8, 4) is 0 Å². The summed E-state index contributed by atoms with van der Waals surface area (Å²) in [7, 11) is 0. The lowest BCUT2D eigenvalue weighted by Gasteiger charge is -2.09. The number of hydrogen-bond acceptors (Lipinski definition) is 3. The number of aliphatic hydroxyl groups excluding tert-OH is 1. The van der Waals surface area contributed by atoms with E-state index < -0.39 is 0 Å². The normalized spacial score (nSPS) is 12.4. The molecule has 0 aliphatic rings. The average molecular weight is 244 g/mol. The maximum Gasteiger partial charge on any atom is 0.306 e. The van der Waals surface area contributed by atoms with Crippen molar-refractivity contribution in [3.63, 3.8) is 0 Å². The Balaban J connectivity index is 3.19. The zero-order valence-corrected chi connectivity index (χ0v) is 11.4. The minimum Gasteiger partial charge on any atom is -0.460 e. The number of carbonyl (C=O) groups is 1. The van der Waals surface area contributed by atoms with Crippen molar-refractivity contribution in [3.05, 3.63) is 0 Å². The first-order valence-corrected chi connectivity index (χ1v) is 7.01. The summed E-state index contributed by atoms with van der Waals surface area (Å²) >= 11 is 0.